The van der Waals surface area contributed by atoms with Crippen LogP contribution in [0, 0.1) is 10.1 Å². The van der Waals surface area contributed by atoms with Gasteiger partial charge < -0.3 is 14.2 Å². The Morgan fingerprint density at radius 2 is 2.00 bits per heavy atom. The first-order valence-corrected chi connectivity index (χ1v) is 8.01. The average molecular weight is 381 g/mol. The Morgan fingerprint density at radius 3 is 2.62 bits per heavy atom. The summed E-state index contributed by atoms with van der Waals surface area (Å²) >= 11 is 0.705. The Labute approximate surface area is 151 Å². The van der Waals surface area contributed by atoms with Gasteiger partial charge in [0.05, 0.1) is 25.6 Å². The maximum absolute atomic E-state index is 11.8. The number of nitrogens with zero attached hydrogens (tertiary/aromatic N) is 2. The van der Waals surface area contributed by atoms with E-state index >= 15 is 0 Å². The predicted octanol–water partition coefficient (Wildman–Crippen LogP) is 1.79. The molecule has 0 bridgehead atoms. The van der Waals surface area contributed by atoms with Crippen LogP contribution in [0.15, 0.2) is 24.4 Å². The minimum absolute atomic E-state index is 0.0534. The molecule has 0 radical (unpaired) electrons. The second-order valence-corrected chi connectivity index (χ2v) is 5.84. The van der Waals surface area contributed by atoms with Crippen molar-refractivity contribution in [2.45, 2.75) is 6.42 Å². The Balaban J connectivity index is 1.84. The number of hydrogen-bond acceptors (Lipinski definition) is 9. The van der Waals surface area contributed by atoms with Crippen molar-refractivity contribution in [2.24, 2.45) is 0 Å². The number of nitro groups is 1. The minimum atomic E-state index is -0.644. The van der Waals surface area contributed by atoms with Crippen LogP contribution in [-0.4, -0.2) is 42.6 Å². The van der Waals surface area contributed by atoms with Crippen molar-refractivity contribution in [2.75, 3.05) is 26.1 Å². The van der Waals surface area contributed by atoms with Crippen LogP contribution < -0.4 is 14.8 Å². The van der Waals surface area contributed by atoms with E-state index in [9.17, 15) is 19.7 Å². The largest absolute Gasteiger partial charge is 0.493 e. The number of aromatic nitrogens is 1. The summed E-state index contributed by atoms with van der Waals surface area (Å²) in [5, 5.41) is 12.7. The smallest absolute Gasteiger partial charge is 0.345 e. The van der Waals surface area contributed by atoms with Gasteiger partial charge in [0.2, 0.25) is 0 Å². The highest BCUT2D eigenvalue weighted by Gasteiger charge is 2.15. The van der Waals surface area contributed by atoms with Crippen molar-refractivity contribution in [3.8, 4) is 11.5 Å². The first-order valence-electron chi connectivity index (χ1n) is 7.19. The van der Waals surface area contributed by atoms with Gasteiger partial charge in [-0.2, -0.15) is 0 Å². The Hall–Kier alpha value is -3.21. The van der Waals surface area contributed by atoms with Crippen molar-refractivity contribution < 1.29 is 28.7 Å². The van der Waals surface area contributed by atoms with Crippen LogP contribution in [0.4, 0.5) is 10.1 Å². The third-order valence-electron chi connectivity index (χ3n) is 3.08. The first kappa shape index (κ1) is 19.1. The van der Waals surface area contributed by atoms with E-state index in [0.29, 0.717) is 28.4 Å². The van der Waals surface area contributed by atoms with Crippen molar-refractivity contribution in [3.63, 3.8) is 0 Å². The molecule has 1 aromatic carbocycles. The number of hydrogen-bond donors (Lipinski definition) is 1. The van der Waals surface area contributed by atoms with Crippen LogP contribution in [-0.2, 0) is 20.7 Å². The normalized spacial score (nSPS) is 10.1. The molecule has 1 aromatic heterocycles. The van der Waals surface area contributed by atoms with Gasteiger partial charge in [0.25, 0.3) is 5.91 Å². The summed E-state index contributed by atoms with van der Waals surface area (Å²) < 4.78 is 15.1. The number of amides is 1. The van der Waals surface area contributed by atoms with E-state index < -0.39 is 23.4 Å². The third kappa shape index (κ3) is 5.14. The van der Waals surface area contributed by atoms with Crippen LogP contribution >= 0.6 is 11.3 Å². The molecular formula is C15H15N3O7S. The van der Waals surface area contributed by atoms with E-state index in [1.807, 2.05) is 0 Å². The lowest BCUT2D eigenvalue weighted by atomic mass is 10.1. The van der Waals surface area contributed by atoms with Crippen molar-refractivity contribution in [1.82, 2.24) is 4.98 Å². The van der Waals surface area contributed by atoms with E-state index in [1.165, 1.54) is 14.2 Å². The number of nitrogens with one attached hydrogen (secondary N) is 1. The fourth-order valence-corrected chi connectivity index (χ4v) is 2.57. The van der Waals surface area contributed by atoms with E-state index in [4.69, 9.17) is 14.2 Å². The second kappa shape index (κ2) is 8.76. The highest BCUT2D eigenvalue weighted by Crippen LogP contribution is 2.28. The number of carbonyl (C=O) groups excluding carboxylic acids is 2. The molecule has 138 valence electrons. The van der Waals surface area contributed by atoms with Crippen molar-refractivity contribution in [3.05, 3.63) is 40.1 Å². The molecule has 11 heteroatoms. The Bertz CT molecular complexity index is 821. The Morgan fingerprint density at radius 1 is 1.27 bits per heavy atom. The van der Waals surface area contributed by atoms with Gasteiger partial charge in [-0.3, -0.25) is 25.0 Å². The number of esters is 1. The van der Waals surface area contributed by atoms with Gasteiger partial charge in [-0.25, -0.2) is 4.98 Å². The number of rotatable bonds is 8. The first-order chi connectivity index (χ1) is 12.4. The summed E-state index contributed by atoms with van der Waals surface area (Å²) in [4.78, 5) is 37.2. The SMILES string of the molecule is COc1ccc(CC(=O)OCC(=O)Nc2ncc([N+](=O)[O-])s2)cc1OC. The number of methoxy groups -OCH3 is 2. The monoisotopic (exact) mass is 381 g/mol. The van der Waals surface area contributed by atoms with Crippen LogP contribution in [0.3, 0.4) is 0 Å². The molecule has 0 atom stereocenters. The fraction of sp³-hybridized carbons (Fsp3) is 0.267. The van der Waals surface area contributed by atoms with Gasteiger partial charge in [-0.1, -0.05) is 6.07 Å². The molecule has 0 aliphatic heterocycles. The lowest BCUT2D eigenvalue weighted by Crippen LogP contribution is -2.21. The molecule has 2 aromatic rings. The molecule has 26 heavy (non-hydrogen) atoms. The summed E-state index contributed by atoms with van der Waals surface area (Å²) in [6, 6.07) is 4.97. The molecule has 2 rings (SSSR count). The molecule has 0 fully saturated rings. The number of anilines is 1. The molecule has 10 nitrogen and oxygen atoms in total. The van der Waals surface area contributed by atoms with E-state index in [1.54, 1.807) is 18.2 Å². The predicted molar refractivity (Wildman–Crippen MR) is 91.6 cm³/mol. The lowest BCUT2D eigenvalue weighted by molar-refractivity contribution is -0.380. The zero-order valence-electron chi connectivity index (χ0n) is 13.9. The number of benzene rings is 1. The maximum Gasteiger partial charge on any atom is 0.345 e. The maximum atomic E-state index is 11.8. The van der Waals surface area contributed by atoms with Crippen molar-refractivity contribution in [1.29, 1.82) is 0 Å². The second-order valence-electron chi connectivity index (χ2n) is 4.84. The minimum Gasteiger partial charge on any atom is -0.493 e. The molecule has 0 aliphatic carbocycles. The van der Waals surface area contributed by atoms with Crippen LogP contribution in [0.5, 0.6) is 11.5 Å². The number of carbonyl (C=O) groups is 2. The lowest BCUT2D eigenvalue weighted by Gasteiger charge is -2.09. The van der Waals surface area contributed by atoms with E-state index in [0.717, 1.165) is 6.20 Å². The van der Waals surface area contributed by atoms with Crippen LogP contribution in [0.25, 0.3) is 0 Å². The quantitative estimate of drug-likeness (QED) is 0.416. The summed E-state index contributed by atoms with van der Waals surface area (Å²) in [5.41, 5.74) is 0.628. The zero-order chi connectivity index (χ0) is 19.1. The molecule has 1 N–H and O–H groups in total. The van der Waals surface area contributed by atoms with E-state index in [-0.39, 0.29) is 16.6 Å². The van der Waals surface area contributed by atoms with Crippen molar-refractivity contribution >= 4 is 33.3 Å². The summed E-state index contributed by atoms with van der Waals surface area (Å²) in [5.74, 6) is -0.255. The van der Waals surface area contributed by atoms with E-state index in [2.05, 4.69) is 10.3 Å². The highest BCUT2D eigenvalue weighted by molar-refractivity contribution is 7.18. The summed E-state index contributed by atoms with van der Waals surface area (Å²) in [6.07, 6.45) is 0.972. The molecule has 0 saturated carbocycles. The van der Waals surface area contributed by atoms with Gasteiger partial charge in [0, 0.05) is 0 Å². The van der Waals surface area contributed by atoms with Gasteiger partial charge in [-0.05, 0) is 29.0 Å². The summed E-state index contributed by atoms with van der Waals surface area (Å²) in [6.45, 7) is -0.528. The average Bonchev–Trinajstić information content (AvgIpc) is 3.08. The Kier molecular flexibility index (Phi) is 6.44. The van der Waals surface area contributed by atoms with Gasteiger partial charge in [-0.15, -0.1) is 0 Å². The molecule has 0 spiro atoms. The molecule has 1 amide bonds. The molecule has 0 aliphatic rings. The number of thiazole rings is 1. The van der Waals surface area contributed by atoms with Gasteiger partial charge in [0.15, 0.2) is 23.2 Å². The van der Waals surface area contributed by atoms with Crippen LogP contribution in [0.1, 0.15) is 5.56 Å². The molecule has 1 heterocycles. The third-order valence-corrected chi connectivity index (χ3v) is 3.94. The van der Waals surface area contributed by atoms with Gasteiger partial charge >= 0.3 is 11.0 Å². The zero-order valence-corrected chi connectivity index (χ0v) is 14.7. The van der Waals surface area contributed by atoms with Crippen LogP contribution in [0.2, 0.25) is 0 Å². The molecule has 0 unspecified atom stereocenters. The fourth-order valence-electron chi connectivity index (χ4n) is 1.92. The number of ether oxygens (including phenoxy) is 3. The molecular weight excluding hydrogens is 366 g/mol. The standard InChI is InChI=1S/C15H15N3O7S/c1-23-10-4-3-9(5-11(10)24-2)6-14(20)25-8-12(19)17-15-16-7-13(26-15)18(21)22/h3-5,7H,6,8H2,1-2H3,(H,16,17,19). The van der Waals surface area contributed by atoms with Gasteiger partial charge in [0.1, 0.15) is 6.20 Å². The molecule has 0 saturated heterocycles. The topological polar surface area (TPSA) is 130 Å². The summed E-state index contributed by atoms with van der Waals surface area (Å²) in [7, 11) is 2.98. The highest BCUT2D eigenvalue weighted by atomic mass is 32.1.